The average Bonchev–Trinajstić information content (AvgIpc) is 3.74. The van der Waals surface area contributed by atoms with Gasteiger partial charge in [-0.25, -0.2) is 0 Å². The average molecular weight is 497 g/mol. The Morgan fingerprint density at radius 3 is 2.49 bits per heavy atom. The van der Waals surface area contributed by atoms with Gasteiger partial charge in [0.1, 0.15) is 18.1 Å². The summed E-state index contributed by atoms with van der Waals surface area (Å²) >= 11 is 0. The Balaban J connectivity index is 1.24. The van der Waals surface area contributed by atoms with E-state index in [0.29, 0.717) is 29.6 Å². The normalized spacial score (nSPS) is 17.0. The van der Waals surface area contributed by atoms with Crippen molar-refractivity contribution in [2.24, 2.45) is 0 Å². The quantitative estimate of drug-likeness (QED) is 0.354. The number of amides is 2. The number of carbonyl (C=O) groups excluding carboxylic acids is 2. The molecule has 1 saturated heterocycles. The summed E-state index contributed by atoms with van der Waals surface area (Å²) in [5.74, 6) is 1.74. The van der Waals surface area contributed by atoms with Crippen molar-refractivity contribution in [2.45, 2.75) is 31.9 Å². The third-order valence-corrected chi connectivity index (χ3v) is 7.10. The first-order valence-corrected chi connectivity index (χ1v) is 12.7. The van der Waals surface area contributed by atoms with Crippen LogP contribution in [0.4, 0.5) is 0 Å². The highest BCUT2D eigenvalue weighted by atomic mass is 16.5. The fourth-order valence-electron chi connectivity index (χ4n) is 5.24. The van der Waals surface area contributed by atoms with Crippen LogP contribution in [0.25, 0.3) is 0 Å². The van der Waals surface area contributed by atoms with Crippen LogP contribution in [-0.2, 0) is 13.0 Å². The van der Waals surface area contributed by atoms with E-state index in [1.54, 1.807) is 24.3 Å². The number of ether oxygens (including phenoxy) is 1. The molecule has 1 unspecified atom stereocenters. The zero-order valence-corrected chi connectivity index (χ0v) is 20.5. The van der Waals surface area contributed by atoms with Gasteiger partial charge in [-0.3, -0.25) is 9.59 Å². The Hall–Kier alpha value is -4.26. The van der Waals surface area contributed by atoms with Crippen LogP contribution in [0.1, 0.15) is 62.4 Å². The van der Waals surface area contributed by atoms with Gasteiger partial charge in [-0.15, -0.1) is 0 Å². The first-order valence-electron chi connectivity index (χ1n) is 12.7. The van der Waals surface area contributed by atoms with Crippen molar-refractivity contribution in [3.63, 3.8) is 0 Å². The number of rotatable bonds is 6. The zero-order chi connectivity index (χ0) is 25.2. The van der Waals surface area contributed by atoms with Gasteiger partial charge in [-0.2, -0.15) is 0 Å². The molecule has 7 nitrogen and oxygen atoms in total. The van der Waals surface area contributed by atoms with Gasteiger partial charge in [0.05, 0.1) is 12.3 Å². The Labute approximate surface area is 215 Å². The minimum atomic E-state index is -0.264. The van der Waals surface area contributed by atoms with Gasteiger partial charge < -0.3 is 23.4 Å². The molecule has 0 bridgehead atoms. The van der Waals surface area contributed by atoms with Crippen LogP contribution < -0.4 is 4.74 Å². The molecule has 2 aliphatic heterocycles. The van der Waals surface area contributed by atoms with Crippen molar-refractivity contribution in [3.05, 3.63) is 113 Å². The van der Waals surface area contributed by atoms with E-state index in [1.165, 1.54) is 11.8 Å². The molecule has 188 valence electrons. The summed E-state index contributed by atoms with van der Waals surface area (Å²) < 4.78 is 17.3. The Morgan fingerprint density at radius 2 is 1.70 bits per heavy atom. The molecule has 37 heavy (non-hydrogen) atoms. The fourth-order valence-corrected chi connectivity index (χ4v) is 5.24. The number of fused-ring (bicyclic) bond motifs is 1. The van der Waals surface area contributed by atoms with Crippen molar-refractivity contribution in [1.29, 1.82) is 0 Å². The third-order valence-electron chi connectivity index (χ3n) is 7.10. The number of likely N-dealkylation sites (tertiary alicyclic amines) is 1. The second-order valence-corrected chi connectivity index (χ2v) is 9.45. The topological polar surface area (TPSA) is 76.1 Å². The number of benzene rings is 2. The number of furan rings is 2. The standard InChI is InChI=1S/C30H28N2O5/c33-29(31-15-4-5-16-31)27-13-12-24(37-27)20-36-23-11-10-21-14-17-32(30(34)26-9-6-18-35-26)28(25(21)19-23)22-7-2-1-3-8-22/h1-3,6-13,18-19,28H,4-5,14-17,20H2. The third kappa shape index (κ3) is 4.65. The van der Waals surface area contributed by atoms with Crippen LogP contribution >= 0.6 is 0 Å². The van der Waals surface area contributed by atoms with Crippen LogP contribution in [0.3, 0.4) is 0 Å². The molecule has 2 aromatic carbocycles. The summed E-state index contributed by atoms with van der Waals surface area (Å²) in [7, 11) is 0. The van der Waals surface area contributed by atoms with Crippen molar-refractivity contribution in [1.82, 2.24) is 9.80 Å². The Kier molecular flexibility index (Phi) is 6.26. The number of carbonyl (C=O) groups is 2. The monoisotopic (exact) mass is 496 g/mol. The van der Waals surface area contributed by atoms with Crippen LogP contribution in [0.15, 0.2) is 87.9 Å². The molecule has 0 aliphatic carbocycles. The minimum Gasteiger partial charge on any atom is -0.486 e. The summed E-state index contributed by atoms with van der Waals surface area (Å²) in [6.07, 6.45) is 4.34. The molecule has 2 aliphatic rings. The Morgan fingerprint density at radius 1 is 0.865 bits per heavy atom. The SMILES string of the molecule is O=C(c1ccc(COc2ccc3c(c2)C(c2ccccc2)N(C(=O)c2ccco2)CC3)o1)N1CCCC1. The minimum absolute atomic E-state index is 0.0652. The van der Waals surface area contributed by atoms with E-state index in [0.717, 1.165) is 43.5 Å². The van der Waals surface area contributed by atoms with Crippen molar-refractivity contribution < 1.29 is 23.2 Å². The molecule has 1 fully saturated rings. The highest BCUT2D eigenvalue weighted by molar-refractivity contribution is 5.92. The van der Waals surface area contributed by atoms with Gasteiger partial charge in [0, 0.05) is 19.6 Å². The zero-order valence-electron chi connectivity index (χ0n) is 20.5. The molecule has 1 atom stereocenters. The lowest BCUT2D eigenvalue weighted by Crippen LogP contribution is -2.40. The number of hydrogen-bond acceptors (Lipinski definition) is 5. The van der Waals surface area contributed by atoms with E-state index in [-0.39, 0.29) is 24.5 Å². The molecule has 0 N–H and O–H groups in total. The maximum Gasteiger partial charge on any atom is 0.290 e. The number of hydrogen-bond donors (Lipinski definition) is 0. The van der Waals surface area contributed by atoms with Gasteiger partial charge in [-0.05, 0) is 72.4 Å². The van der Waals surface area contributed by atoms with E-state index < -0.39 is 0 Å². The van der Waals surface area contributed by atoms with Crippen LogP contribution in [-0.4, -0.2) is 41.2 Å². The van der Waals surface area contributed by atoms with Gasteiger partial charge in [0.2, 0.25) is 0 Å². The van der Waals surface area contributed by atoms with Crippen LogP contribution in [0, 0.1) is 0 Å². The summed E-state index contributed by atoms with van der Waals surface area (Å²) in [6, 6.07) is 22.7. The largest absolute Gasteiger partial charge is 0.486 e. The lowest BCUT2D eigenvalue weighted by atomic mass is 9.87. The van der Waals surface area contributed by atoms with Crippen LogP contribution in [0.2, 0.25) is 0 Å². The van der Waals surface area contributed by atoms with E-state index in [4.69, 9.17) is 13.6 Å². The lowest BCUT2D eigenvalue weighted by Gasteiger charge is -2.37. The van der Waals surface area contributed by atoms with E-state index in [2.05, 4.69) is 6.07 Å². The van der Waals surface area contributed by atoms with Gasteiger partial charge in [0.15, 0.2) is 11.5 Å². The van der Waals surface area contributed by atoms with Gasteiger partial charge in [0.25, 0.3) is 11.8 Å². The highest BCUT2D eigenvalue weighted by Crippen LogP contribution is 2.38. The van der Waals surface area contributed by atoms with Crippen molar-refractivity contribution >= 4 is 11.8 Å². The first-order chi connectivity index (χ1) is 18.2. The van der Waals surface area contributed by atoms with E-state index in [1.807, 2.05) is 52.3 Å². The molecular formula is C30H28N2O5. The summed E-state index contributed by atoms with van der Waals surface area (Å²) in [5, 5.41) is 0. The second-order valence-electron chi connectivity index (χ2n) is 9.45. The fraction of sp³-hybridized carbons (Fsp3) is 0.267. The molecule has 6 rings (SSSR count). The predicted octanol–water partition coefficient (Wildman–Crippen LogP) is 5.48. The lowest BCUT2D eigenvalue weighted by molar-refractivity contribution is 0.0661. The maximum absolute atomic E-state index is 13.4. The van der Waals surface area contributed by atoms with Crippen molar-refractivity contribution in [3.8, 4) is 5.75 Å². The molecule has 4 heterocycles. The molecular weight excluding hydrogens is 468 g/mol. The highest BCUT2D eigenvalue weighted by Gasteiger charge is 2.34. The molecule has 2 amide bonds. The summed E-state index contributed by atoms with van der Waals surface area (Å²) in [5.41, 5.74) is 3.23. The van der Waals surface area contributed by atoms with E-state index in [9.17, 15) is 9.59 Å². The van der Waals surface area contributed by atoms with E-state index >= 15 is 0 Å². The van der Waals surface area contributed by atoms with Crippen molar-refractivity contribution in [2.75, 3.05) is 19.6 Å². The molecule has 0 spiro atoms. The predicted molar refractivity (Wildman–Crippen MR) is 136 cm³/mol. The first kappa shape index (κ1) is 23.2. The smallest absolute Gasteiger partial charge is 0.290 e. The van der Waals surface area contributed by atoms with Gasteiger partial charge in [-0.1, -0.05) is 36.4 Å². The molecule has 0 saturated carbocycles. The summed E-state index contributed by atoms with van der Waals surface area (Å²) in [6.45, 7) is 2.36. The summed E-state index contributed by atoms with van der Waals surface area (Å²) in [4.78, 5) is 29.6. The molecule has 2 aromatic heterocycles. The second kappa shape index (κ2) is 10.0. The number of nitrogens with zero attached hydrogens (tertiary/aromatic N) is 2. The maximum atomic E-state index is 13.4. The molecule has 0 radical (unpaired) electrons. The van der Waals surface area contributed by atoms with Crippen LogP contribution in [0.5, 0.6) is 5.75 Å². The molecule has 7 heteroatoms. The van der Waals surface area contributed by atoms with Gasteiger partial charge >= 0.3 is 0 Å². The molecule has 4 aromatic rings. The Bertz CT molecular complexity index is 1390.